The molecule has 10 aromatic rings. The van der Waals surface area contributed by atoms with Crippen molar-refractivity contribution in [2.45, 2.75) is 0 Å². The molecule has 0 spiro atoms. The fourth-order valence-electron chi connectivity index (χ4n) is 7.22. The normalized spacial score (nSPS) is 11.4. The zero-order valence-corrected chi connectivity index (χ0v) is 28.6. The quantitative estimate of drug-likeness (QED) is 0.176. The minimum absolute atomic E-state index is 0.585. The lowest BCUT2D eigenvalue weighted by molar-refractivity contribution is 0.669. The number of benzene rings is 8. The molecule has 2 aromatic heterocycles. The highest BCUT2D eigenvalue weighted by Gasteiger charge is 2.17. The Morgan fingerprint density at radius 1 is 0.302 bits per heavy atom. The molecule has 53 heavy (non-hydrogen) atoms. The van der Waals surface area contributed by atoms with Gasteiger partial charge in [-0.05, 0) is 74.5 Å². The number of aromatic nitrogens is 3. The third kappa shape index (κ3) is 5.73. The van der Waals surface area contributed by atoms with Gasteiger partial charge in [-0.1, -0.05) is 158 Å². The second kappa shape index (κ2) is 12.9. The van der Waals surface area contributed by atoms with Crippen LogP contribution < -0.4 is 0 Å². The van der Waals surface area contributed by atoms with Gasteiger partial charge in [-0.2, -0.15) is 0 Å². The van der Waals surface area contributed by atoms with Gasteiger partial charge in [-0.3, -0.25) is 0 Å². The van der Waals surface area contributed by atoms with Crippen molar-refractivity contribution < 1.29 is 4.42 Å². The molecule has 2 heterocycles. The van der Waals surface area contributed by atoms with E-state index in [9.17, 15) is 0 Å². The van der Waals surface area contributed by atoms with Gasteiger partial charge in [-0.15, -0.1) is 0 Å². The van der Waals surface area contributed by atoms with E-state index in [4.69, 9.17) is 19.4 Å². The Labute approximate surface area is 306 Å². The fraction of sp³-hybridized carbons (Fsp3) is 0. The van der Waals surface area contributed by atoms with Gasteiger partial charge in [0.1, 0.15) is 11.2 Å². The highest BCUT2D eigenvalue weighted by Crippen LogP contribution is 2.38. The number of hydrogen-bond acceptors (Lipinski definition) is 4. The minimum Gasteiger partial charge on any atom is -0.456 e. The lowest BCUT2D eigenvalue weighted by Gasteiger charge is -2.10. The molecule has 0 unspecified atom stereocenters. The Morgan fingerprint density at radius 3 is 1.43 bits per heavy atom. The molecule has 248 valence electrons. The molecule has 0 saturated carbocycles. The smallest absolute Gasteiger partial charge is 0.164 e. The molecule has 0 aliphatic rings. The molecule has 0 N–H and O–H groups in total. The second-order valence-corrected chi connectivity index (χ2v) is 13.3. The number of hydrogen-bond donors (Lipinski definition) is 0. The van der Waals surface area contributed by atoms with Crippen LogP contribution in [0.5, 0.6) is 0 Å². The van der Waals surface area contributed by atoms with E-state index in [1.165, 1.54) is 11.1 Å². The summed E-state index contributed by atoms with van der Waals surface area (Å²) in [5, 5.41) is 4.43. The van der Waals surface area contributed by atoms with Gasteiger partial charge in [0.05, 0.1) is 0 Å². The average Bonchev–Trinajstić information content (AvgIpc) is 3.62. The lowest BCUT2D eigenvalue weighted by atomic mass is 9.99. The highest BCUT2D eigenvalue weighted by atomic mass is 16.3. The van der Waals surface area contributed by atoms with E-state index < -0.39 is 0 Å². The molecule has 0 radical (unpaired) electrons. The van der Waals surface area contributed by atoms with Gasteiger partial charge < -0.3 is 4.42 Å². The molecule has 0 bridgehead atoms. The Bertz CT molecular complexity index is 2920. The molecule has 0 atom stereocenters. The predicted octanol–water partition coefficient (Wildman–Crippen LogP) is 12.9. The van der Waals surface area contributed by atoms with Gasteiger partial charge in [0.25, 0.3) is 0 Å². The van der Waals surface area contributed by atoms with Gasteiger partial charge >= 0.3 is 0 Å². The van der Waals surface area contributed by atoms with Crippen LogP contribution in [0.4, 0.5) is 0 Å². The van der Waals surface area contributed by atoms with E-state index in [0.717, 1.165) is 71.7 Å². The molecule has 0 fully saturated rings. The van der Waals surface area contributed by atoms with Crippen molar-refractivity contribution >= 4 is 32.7 Å². The topological polar surface area (TPSA) is 51.8 Å². The molecule has 0 aliphatic heterocycles. The fourth-order valence-corrected chi connectivity index (χ4v) is 7.22. The van der Waals surface area contributed by atoms with E-state index in [-0.39, 0.29) is 0 Å². The van der Waals surface area contributed by atoms with Crippen LogP contribution in [0.15, 0.2) is 192 Å². The van der Waals surface area contributed by atoms with Crippen LogP contribution in [0.3, 0.4) is 0 Å². The number of fused-ring (bicyclic) bond motifs is 4. The van der Waals surface area contributed by atoms with Crippen molar-refractivity contribution in [2.75, 3.05) is 0 Å². The second-order valence-electron chi connectivity index (χ2n) is 13.3. The van der Waals surface area contributed by atoms with Crippen LogP contribution in [0, 0.1) is 0 Å². The Balaban J connectivity index is 1.10. The maximum Gasteiger partial charge on any atom is 0.164 e. The first kappa shape index (κ1) is 30.6. The van der Waals surface area contributed by atoms with Crippen molar-refractivity contribution in [3.8, 4) is 67.5 Å². The molecule has 8 aromatic carbocycles. The monoisotopic (exact) mass is 677 g/mol. The van der Waals surface area contributed by atoms with Crippen molar-refractivity contribution in [3.05, 3.63) is 188 Å². The summed E-state index contributed by atoms with van der Waals surface area (Å²) in [6.45, 7) is 0. The molecular weight excluding hydrogens is 647 g/mol. The highest BCUT2D eigenvalue weighted by molar-refractivity contribution is 6.13. The van der Waals surface area contributed by atoms with E-state index in [0.29, 0.717) is 17.5 Å². The first-order chi connectivity index (χ1) is 26.2. The third-order valence-corrected chi connectivity index (χ3v) is 9.93. The SMILES string of the molecule is c1ccc(-c2ccc(-c3nc(-c4ccc5cc(-c6ccccc6)ccc5c4)nc(-c4ccc5c(c4)oc4cccc(-c6ccccc6)c45)n3)cc2)cc1. The molecule has 0 amide bonds. The van der Waals surface area contributed by atoms with Crippen molar-refractivity contribution in [3.63, 3.8) is 0 Å². The average molecular weight is 678 g/mol. The Hall–Kier alpha value is -7.17. The first-order valence-electron chi connectivity index (χ1n) is 17.8. The number of nitrogens with zero attached hydrogens (tertiary/aromatic N) is 3. The van der Waals surface area contributed by atoms with Crippen LogP contribution in [-0.4, -0.2) is 15.0 Å². The third-order valence-electron chi connectivity index (χ3n) is 9.93. The maximum absolute atomic E-state index is 6.48. The largest absolute Gasteiger partial charge is 0.456 e. The Kier molecular flexibility index (Phi) is 7.43. The van der Waals surface area contributed by atoms with E-state index >= 15 is 0 Å². The molecule has 0 saturated heterocycles. The number of furan rings is 1. The van der Waals surface area contributed by atoms with Crippen LogP contribution >= 0.6 is 0 Å². The van der Waals surface area contributed by atoms with Crippen LogP contribution in [0.2, 0.25) is 0 Å². The standard InChI is InChI=1S/C49H31N3O/c1-4-11-32(12-5-1)34-19-21-36(22-20-34)47-50-48(40-26-25-38-29-37(23-24-39(38)30-40)33-13-6-2-7-14-33)52-49(51-47)41-27-28-43-45(31-41)53-44-18-10-17-42(46(43)44)35-15-8-3-9-16-35/h1-31H. The summed E-state index contributed by atoms with van der Waals surface area (Å²) >= 11 is 0. The molecule has 4 nitrogen and oxygen atoms in total. The molecule has 4 heteroatoms. The van der Waals surface area contributed by atoms with Crippen LogP contribution in [-0.2, 0) is 0 Å². The minimum atomic E-state index is 0.585. The predicted molar refractivity (Wildman–Crippen MR) is 217 cm³/mol. The van der Waals surface area contributed by atoms with Gasteiger partial charge in [0.15, 0.2) is 17.5 Å². The van der Waals surface area contributed by atoms with E-state index in [1.807, 2.05) is 30.3 Å². The van der Waals surface area contributed by atoms with Gasteiger partial charge in [0, 0.05) is 27.5 Å². The molecule has 10 rings (SSSR count). The van der Waals surface area contributed by atoms with Crippen molar-refractivity contribution in [1.29, 1.82) is 0 Å². The van der Waals surface area contributed by atoms with E-state index in [2.05, 4.69) is 158 Å². The Morgan fingerprint density at radius 2 is 0.774 bits per heavy atom. The molecular formula is C49H31N3O. The van der Waals surface area contributed by atoms with Crippen molar-refractivity contribution in [1.82, 2.24) is 15.0 Å². The van der Waals surface area contributed by atoms with Crippen LogP contribution in [0.25, 0.3) is 100 Å². The summed E-state index contributed by atoms with van der Waals surface area (Å²) in [4.78, 5) is 15.2. The van der Waals surface area contributed by atoms with E-state index in [1.54, 1.807) is 0 Å². The summed E-state index contributed by atoms with van der Waals surface area (Å²) in [5.41, 5.74) is 11.3. The summed E-state index contributed by atoms with van der Waals surface area (Å²) in [6.07, 6.45) is 0. The zero-order chi connectivity index (χ0) is 35.1. The van der Waals surface area contributed by atoms with Crippen molar-refractivity contribution in [2.24, 2.45) is 0 Å². The van der Waals surface area contributed by atoms with Gasteiger partial charge in [0.2, 0.25) is 0 Å². The summed E-state index contributed by atoms with van der Waals surface area (Å²) < 4.78 is 6.48. The van der Waals surface area contributed by atoms with Gasteiger partial charge in [-0.25, -0.2) is 15.0 Å². The first-order valence-corrected chi connectivity index (χ1v) is 17.8. The summed E-state index contributed by atoms with van der Waals surface area (Å²) in [5.74, 6) is 1.81. The summed E-state index contributed by atoms with van der Waals surface area (Å²) in [6, 6.07) is 65.2. The summed E-state index contributed by atoms with van der Waals surface area (Å²) in [7, 11) is 0. The lowest BCUT2D eigenvalue weighted by Crippen LogP contribution is -2.00. The van der Waals surface area contributed by atoms with Crippen LogP contribution in [0.1, 0.15) is 0 Å². The zero-order valence-electron chi connectivity index (χ0n) is 28.6. The molecule has 0 aliphatic carbocycles. The maximum atomic E-state index is 6.48. The number of rotatable bonds is 6.